The molecule has 0 bridgehead atoms. The van der Waals surface area contributed by atoms with Gasteiger partial charge in [-0.3, -0.25) is 14.5 Å². The van der Waals surface area contributed by atoms with Crippen LogP contribution in [0.3, 0.4) is 0 Å². The van der Waals surface area contributed by atoms with Crippen molar-refractivity contribution in [3.63, 3.8) is 0 Å². The first-order valence-corrected chi connectivity index (χ1v) is 8.04. The van der Waals surface area contributed by atoms with Gasteiger partial charge in [0.2, 0.25) is 5.91 Å². The van der Waals surface area contributed by atoms with Crippen LogP contribution in [0.4, 0.5) is 4.79 Å². The Morgan fingerprint density at radius 1 is 1.28 bits per heavy atom. The van der Waals surface area contributed by atoms with E-state index in [1.54, 1.807) is 19.1 Å². The van der Waals surface area contributed by atoms with Crippen LogP contribution in [0.2, 0.25) is 0 Å². The lowest BCUT2D eigenvalue weighted by Crippen LogP contribution is -2.48. The number of rotatable bonds is 3. The standard InChI is InChI=1S/C18H21N3O4/c1-17(2,3)19-14(22)10-21-15(23)18(4,20-16(21)24)13-9-11-7-5-6-8-12(11)25-13/h5-9H,10H2,1-4H3,(H,19,22)(H,20,24). The molecule has 7 heteroatoms. The molecule has 2 N–H and O–H groups in total. The first-order valence-electron chi connectivity index (χ1n) is 8.04. The van der Waals surface area contributed by atoms with Gasteiger partial charge in [-0.05, 0) is 39.8 Å². The van der Waals surface area contributed by atoms with Crippen LogP contribution in [0.5, 0.6) is 0 Å². The van der Waals surface area contributed by atoms with Gasteiger partial charge in [-0.2, -0.15) is 0 Å². The number of hydrogen-bond donors (Lipinski definition) is 2. The lowest BCUT2D eigenvalue weighted by atomic mass is 9.99. The molecule has 3 rings (SSSR count). The van der Waals surface area contributed by atoms with Crippen molar-refractivity contribution < 1.29 is 18.8 Å². The van der Waals surface area contributed by atoms with Crippen molar-refractivity contribution in [2.75, 3.05) is 6.54 Å². The van der Waals surface area contributed by atoms with Crippen molar-refractivity contribution in [3.8, 4) is 0 Å². The monoisotopic (exact) mass is 343 g/mol. The Morgan fingerprint density at radius 2 is 1.96 bits per heavy atom. The fraction of sp³-hybridized carbons (Fsp3) is 0.389. The number of hydrogen-bond acceptors (Lipinski definition) is 4. The Bertz CT molecular complexity index is 832. The van der Waals surface area contributed by atoms with Crippen LogP contribution in [-0.2, 0) is 15.1 Å². The van der Waals surface area contributed by atoms with E-state index in [-0.39, 0.29) is 6.54 Å². The molecule has 25 heavy (non-hydrogen) atoms. The van der Waals surface area contributed by atoms with Crippen molar-refractivity contribution >= 4 is 28.8 Å². The summed E-state index contributed by atoms with van der Waals surface area (Å²) in [5, 5.41) is 6.22. The maximum atomic E-state index is 12.8. The second-order valence-electron chi connectivity index (χ2n) is 7.39. The van der Waals surface area contributed by atoms with Gasteiger partial charge in [-0.15, -0.1) is 0 Å². The molecule has 1 unspecified atom stereocenters. The molecule has 1 aromatic carbocycles. The van der Waals surface area contributed by atoms with Gasteiger partial charge in [0.1, 0.15) is 17.9 Å². The highest BCUT2D eigenvalue weighted by Crippen LogP contribution is 2.32. The van der Waals surface area contributed by atoms with Crippen molar-refractivity contribution in [3.05, 3.63) is 36.1 Å². The Kier molecular flexibility index (Phi) is 3.82. The number of urea groups is 1. The molecule has 0 spiro atoms. The van der Waals surface area contributed by atoms with E-state index >= 15 is 0 Å². The third-order valence-corrected chi connectivity index (χ3v) is 4.01. The fourth-order valence-corrected chi connectivity index (χ4v) is 2.84. The van der Waals surface area contributed by atoms with E-state index < -0.39 is 28.9 Å². The average molecular weight is 343 g/mol. The molecular weight excluding hydrogens is 322 g/mol. The van der Waals surface area contributed by atoms with Crippen molar-refractivity contribution in [1.29, 1.82) is 0 Å². The Balaban J connectivity index is 1.85. The molecule has 2 aromatic rings. The first-order chi connectivity index (χ1) is 11.6. The van der Waals surface area contributed by atoms with Gasteiger partial charge in [-0.1, -0.05) is 18.2 Å². The molecule has 4 amide bonds. The van der Waals surface area contributed by atoms with Gasteiger partial charge in [0, 0.05) is 10.9 Å². The molecule has 1 fully saturated rings. The molecule has 1 aromatic heterocycles. The molecule has 1 aliphatic rings. The van der Waals surface area contributed by atoms with Crippen molar-refractivity contribution in [1.82, 2.24) is 15.5 Å². The number of nitrogens with one attached hydrogen (secondary N) is 2. The second kappa shape index (κ2) is 5.61. The molecule has 0 saturated carbocycles. The summed E-state index contributed by atoms with van der Waals surface area (Å²) in [6.45, 7) is 6.73. The van der Waals surface area contributed by atoms with Gasteiger partial charge in [0.15, 0.2) is 5.54 Å². The smallest absolute Gasteiger partial charge is 0.325 e. The van der Waals surface area contributed by atoms with E-state index in [1.807, 2.05) is 39.0 Å². The average Bonchev–Trinajstić information content (AvgIpc) is 3.02. The first kappa shape index (κ1) is 17.0. The number of para-hydroxylation sites is 1. The SMILES string of the molecule is CC(C)(C)NC(=O)CN1C(=O)NC(C)(c2cc3ccccc3o2)C1=O. The number of carbonyl (C=O) groups excluding carboxylic acids is 3. The minimum atomic E-state index is -1.34. The summed E-state index contributed by atoms with van der Waals surface area (Å²) in [7, 11) is 0. The molecule has 1 aliphatic heterocycles. The highest BCUT2D eigenvalue weighted by Gasteiger charge is 2.51. The van der Waals surface area contributed by atoms with Crippen LogP contribution >= 0.6 is 0 Å². The number of imide groups is 1. The molecule has 0 aliphatic carbocycles. The summed E-state index contributed by atoms with van der Waals surface area (Å²) >= 11 is 0. The molecule has 0 radical (unpaired) electrons. The van der Waals surface area contributed by atoms with E-state index in [4.69, 9.17) is 4.42 Å². The summed E-state index contributed by atoms with van der Waals surface area (Å²) in [4.78, 5) is 38.1. The third kappa shape index (κ3) is 3.09. The number of furan rings is 1. The van der Waals surface area contributed by atoms with Crippen LogP contribution in [0.25, 0.3) is 11.0 Å². The van der Waals surface area contributed by atoms with Crippen LogP contribution in [-0.4, -0.2) is 34.8 Å². The van der Waals surface area contributed by atoms with Crippen molar-refractivity contribution in [2.24, 2.45) is 0 Å². The zero-order chi connectivity index (χ0) is 18.4. The van der Waals surface area contributed by atoms with Crippen LogP contribution in [0.15, 0.2) is 34.7 Å². The van der Waals surface area contributed by atoms with Gasteiger partial charge in [0.25, 0.3) is 5.91 Å². The Hall–Kier alpha value is -2.83. The predicted molar refractivity (Wildman–Crippen MR) is 91.7 cm³/mol. The number of fused-ring (bicyclic) bond motifs is 1. The van der Waals surface area contributed by atoms with Gasteiger partial charge >= 0.3 is 6.03 Å². The predicted octanol–water partition coefficient (Wildman–Crippen LogP) is 2.11. The highest BCUT2D eigenvalue weighted by molar-refractivity contribution is 6.09. The van der Waals surface area contributed by atoms with Crippen LogP contribution in [0, 0.1) is 0 Å². The zero-order valence-corrected chi connectivity index (χ0v) is 14.7. The number of nitrogens with zero attached hydrogens (tertiary/aromatic N) is 1. The Labute approximate surface area is 145 Å². The van der Waals surface area contributed by atoms with E-state index in [1.165, 1.54) is 0 Å². The minimum absolute atomic E-state index is 0.336. The van der Waals surface area contributed by atoms with E-state index in [0.717, 1.165) is 10.3 Å². The summed E-state index contributed by atoms with van der Waals surface area (Å²) in [5.74, 6) is -0.573. The van der Waals surface area contributed by atoms with E-state index in [9.17, 15) is 14.4 Å². The van der Waals surface area contributed by atoms with Crippen LogP contribution in [0.1, 0.15) is 33.5 Å². The second-order valence-corrected chi connectivity index (χ2v) is 7.39. The normalized spacial score (nSPS) is 20.9. The lowest BCUT2D eigenvalue weighted by molar-refractivity contribution is -0.135. The molecule has 132 valence electrons. The van der Waals surface area contributed by atoms with Gasteiger partial charge in [0.05, 0.1) is 0 Å². The molecular formula is C18H21N3O4. The number of benzene rings is 1. The summed E-state index contributed by atoms with van der Waals surface area (Å²) in [5.41, 5.74) is -1.15. The van der Waals surface area contributed by atoms with E-state index in [2.05, 4.69) is 10.6 Å². The Morgan fingerprint density at radius 3 is 2.60 bits per heavy atom. The molecule has 7 nitrogen and oxygen atoms in total. The molecule has 1 saturated heterocycles. The topological polar surface area (TPSA) is 91.7 Å². The minimum Gasteiger partial charge on any atom is -0.458 e. The lowest BCUT2D eigenvalue weighted by Gasteiger charge is -2.22. The summed E-state index contributed by atoms with van der Waals surface area (Å²) in [6, 6.07) is 8.46. The van der Waals surface area contributed by atoms with Gasteiger partial charge < -0.3 is 15.1 Å². The number of amides is 4. The molecule has 1 atom stereocenters. The van der Waals surface area contributed by atoms with Crippen LogP contribution < -0.4 is 10.6 Å². The quantitative estimate of drug-likeness (QED) is 0.835. The maximum Gasteiger partial charge on any atom is 0.325 e. The van der Waals surface area contributed by atoms with E-state index in [0.29, 0.717) is 11.3 Å². The third-order valence-electron chi connectivity index (χ3n) is 4.01. The fourth-order valence-electron chi connectivity index (χ4n) is 2.84. The highest BCUT2D eigenvalue weighted by atomic mass is 16.3. The van der Waals surface area contributed by atoms with Gasteiger partial charge in [-0.25, -0.2) is 4.79 Å². The molecule has 2 heterocycles. The maximum absolute atomic E-state index is 12.8. The summed E-state index contributed by atoms with van der Waals surface area (Å²) in [6.07, 6.45) is 0. The summed E-state index contributed by atoms with van der Waals surface area (Å²) < 4.78 is 5.74. The van der Waals surface area contributed by atoms with Crippen molar-refractivity contribution in [2.45, 2.75) is 38.8 Å². The number of carbonyl (C=O) groups is 3. The largest absolute Gasteiger partial charge is 0.458 e. The zero-order valence-electron chi connectivity index (χ0n) is 14.7.